The van der Waals surface area contributed by atoms with Crippen molar-refractivity contribution in [2.75, 3.05) is 0 Å². The zero-order valence-corrected chi connectivity index (χ0v) is 23.2. The second-order valence-electron chi connectivity index (χ2n) is 10.8. The molecule has 2 aromatic heterocycles. The highest BCUT2D eigenvalue weighted by molar-refractivity contribution is 5.95. The molecule has 12 nitrogen and oxygen atoms in total. The Labute approximate surface area is 232 Å². The number of aliphatic carboxylic acids is 1. The molecule has 0 bridgehead atoms. The van der Waals surface area contributed by atoms with E-state index in [2.05, 4.69) is 30.9 Å². The molecule has 0 aliphatic carbocycles. The Morgan fingerprint density at radius 1 is 0.925 bits per heavy atom. The van der Waals surface area contributed by atoms with Gasteiger partial charge < -0.3 is 36.8 Å². The van der Waals surface area contributed by atoms with Crippen molar-refractivity contribution in [3.8, 4) is 0 Å². The molecule has 3 aromatic rings. The molecular formula is C28H39N7O5. The Morgan fingerprint density at radius 2 is 1.62 bits per heavy atom. The van der Waals surface area contributed by atoms with E-state index in [0.717, 1.165) is 16.5 Å². The van der Waals surface area contributed by atoms with E-state index < -0.39 is 47.9 Å². The van der Waals surface area contributed by atoms with E-state index in [1.807, 2.05) is 38.1 Å². The Kier molecular flexibility index (Phi) is 10.4. The average Bonchev–Trinajstić information content (AvgIpc) is 3.55. The number of carboxylic acid groups (broad SMARTS) is 1. The number of aromatic nitrogens is 3. The first-order chi connectivity index (χ1) is 19.0. The number of para-hydroxylation sites is 1. The Balaban J connectivity index is 1.81. The van der Waals surface area contributed by atoms with Crippen LogP contribution < -0.4 is 21.7 Å². The maximum absolute atomic E-state index is 13.6. The number of carbonyl (C=O) groups excluding carboxylic acids is 3. The lowest BCUT2D eigenvalue weighted by Gasteiger charge is -2.27. The van der Waals surface area contributed by atoms with Gasteiger partial charge in [-0.05, 0) is 29.9 Å². The van der Waals surface area contributed by atoms with E-state index in [1.165, 1.54) is 6.33 Å². The molecule has 3 rings (SSSR count). The molecule has 4 unspecified atom stereocenters. The lowest BCUT2D eigenvalue weighted by molar-refractivity contribution is -0.143. The summed E-state index contributed by atoms with van der Waals surface area (Å²) in [6.07, 6.45) is 5.40. The third-order valence-corrected chi connectivity index (χ3v) is 6.63. The fourth-order valence-corrected chi connectivity index (χ4v) is 4.48. The Morgan fingerprint density at radius 3 is 2.25 bits per heavy atom. The molecule has 40 heavy (non-hydrogen) atoms. The SMILES string of the molecule is CC(C)CC(NC(=O)C(NC(=O)C(Cc1c[nH]c2ccccc12)NC(=O)C(N)Cc1cnc[nH]1)C(C)C)C(=O)O. The first-order valence-corrected chi connectivity index (χ1v) is 13.4. The second kappa shape index (κ2) is 13.7. The number of nitrogens with two attached hydrogens (primary N) is 1. The molecule has 3 amide bonds. The van der Waals surface area contributed by atoms with Crippen molar-refractivity contribution < 1.29 is 24.3 Å². The van der Waals surface area contributed by atoms with E-state index in [9.17, 15) is 24.3 Å². The molecule has 4 atom stereocenters. The minimum Gasteiger partial charge on any atom is -0.480 e. The number of amides is 3. The van der Waals surface area contributed by atoms with Crippen LogP contribution in [0, 0.1) is 11.8 Å². The van der Waals surface area contributed by atoms with Crippen LogP contribution in [0.4, 0.5) is 0 Å². The van der Waals surface area contributed by atoms with Gasteiger partial charge in [0.2, 0.25) is 17.7 Å². The second-order valence-corrected chi connectivity index (χ2v) is 10.8. The maximum Gasteiger partial charge on any atom is 0.326 e. The number of benzene rings is 1. The molecule has 12 heteroatoms. The summed E-state index contributed by atoms with van der Waals surface area (Å²) >= 11 is 0. The third kappa shape index (κ3) is 8.15. The Bertz CT molecular complexity index is 1300. The number of nitrogens with zero attached hydrogens (tertiary/aromatic N) is 1. The number of carboxylic acids is 1. The van der Waals surface area contributed by atoms with Crippen molar-refractivity contribution in [1.82, 2.24) is 30.9 Å². The van der Waals surface area contributed by atoms with Gasteiger partial charge in [-0.25, -0.2) is 9.78 Å². The highest BCUT2D eigenvalue weighted by Crippen LogP contribution is 2.19. The van der Waals surface area contributed by atoms with Gasteiger partial charge in [0, 0.05) is 41.8 Å². The summed E-state index contributed by atoms with van der Waals surface area (Å²) in [6.45, 7) is 7.21. The van der Waals surface area contributed by atoms with Gasteiger partial charge in [0.15, 0.2) is 0 Å². The van der Waals surface area contributed by atoms with Gasteiger partial charge in [0.05, 0.1) is 12.4 Å². The quantitative estimate of drug-likeness (QED) is 0.156. The number of rotatable bonds is 14. The van der Waals surface area contributed by atoms with Crippen LogP contribution in [-0.4, -0.2) is 67.9 Å². The number of hydrogen-bond donors (Lipinski definition) is 7. The van der Waals surface area contributed by atoms with Gasteiger partial charge in [-0.2, -0.15) is 0 Å². The molecule has 0 fully saturated rings. The molecule has 0 spiro atoms. The van der Waals surface area contributed by atoms with E-state index in [1.54, 1.807) is 26.2 Å². The summed E-state index contributed by atoms with van der Waals surface area (Å²) in [4.78, 5) is 61.5. The molecular weight excluding hydrogens is 514 g/mol. The van der Waals surface area contributed by atoms with Crippen molar-refractivity contribution in [1.29, 1.82) is 0 Å². The lowest BCUT2D eigenvalue weighted by atomic mass is 9.99. The number of carbonyl (C=O) groups is 4. The van der Waals surface area contributed by atoms with Crippen molar-refractivity contribution in [3.05, 3.63) is 54.2 Å². The van der Waals surface area contributed by atoms with E-state index in [0.29, 0.717) is 5.69 Å². The summed E-state index contributed by atoms with van der Waals surface area (Å²) in [6, 6.07) is 3.46. The van der Waals surface area contributed by atoms with Gasteiger partial charge >= 0.3 is 5.97 Å². The summed E-state index contributed by atoms with van der Waals surface area (Å²) in [5.41, 5.74) is 8.47. The maximum atomic E-state index is 13.6. The monoisotopic (exact) mass is 553 g/mol. The topological polar surface area (TPSA) is 195 Å². The number of aromatic amines is 2. The van der Waals surface area contributed by atoms with Gasteiger partial charge in [-0.15, -0.1) is 0 Å². The van der Waals surface area contributed by atoms with E-state index in [4.69, 9.17) is 5.73 Å². The third-order valence-electron chi connectivity index (χ3n) is 6.63. The fraction of sp³-hybridized carbons (Fsp3) is 0.464. The minimum absolute atomic E-state index is 0.0372. The number of fused-ring (bicyclic) bond motifs is 1. The van der Waals surface area contributed by atoms with Gasteiger partial charge in [0.1, 0.15) is 18.1 Å². The van der Waals surface area contributed by atoms with Gasteiger partial charge in [-0.3, -0.25) is 14.4 Å². The summed E-state index contributed by atoms with van der Waals surface area (Å²) in [5, 5.41) is 18.5. The van der Waals surface area contributed by atoms with Gasteiger partial charge in [0.25, 0.3) is 0 Å². The number of H-pyrrole nitrogens is 2. The summed E-state index contributed by atoms with van der Waals surface area (Å²) < 4.78 is 0. The van der Waals surface area contributed by atoms with E-state index >= 15 is 0 Å². The fourth-order valence-electron chi connectivity index (χ4n) is 4.48. The predicted molar refractivity (Wildman–Crippen MR) is 150 cm³/mol. The summed E-state index contributed by atoms with van der Waals surface area (Å²) in [7, 11) is 0. The van der Waals surface area contributed by atoms with Crippen LogP contribution in [0.25, 0.3) is 10.9 Å². The molecule has 2 heterocycles. The zero-order chi connectivity index (χ0) is 29.4. The molecule has 0 saturated carbocycles. The Hall–Kier alpha value is -4.19. The van der Waals surface area contributed by atoms with Gasteiger partial charge in [-0.1, -0.05) is 45.9 Å². The molecule has 0 radical (unpaired) electrons. The van der Waals surface area contributed by atoms with Crippen LogP contribution in [0.2, 0.25) is 0 Å². The minimum atomic E-state index is -1.15. The first kappa shape index (κ1) is 30.4. The van der Waals surface area contributed by atoms with Crippen LogP contribution in [0.3, 0.4) is 0 Å². The van der Waals surface area contributed by atoms with Crippen molar-refractivity contribution in [2.24, 2.45) is 17.6 Å². The first-order valence-electron chi connectivity index (χ1n) is 13.4. The molecule has 216 valence electrons. The largest absolute Gasteiger partial charge is 0.480 e. The highest BCUT2D eigenvalue weighted by atomic mass is 16.4. The van der Waals surface area contributed by atoms with Crippen LogP contribution in [0.1, 0.15) is 45.4 Å². The van der Waals surface area contributed by atoms with Crippen LogP contribution in [0.5, 0.6) is 0 Å². The molecule has 1 aromatic carbocycles. The average molecular weight is 554 g/mol. The molecule has 0 aliphatic heterocycles. The molecule has 8 N–H and O–H groups in total. The zero-order valence-electron chi connectivity index (χ0n) is 23.2. The molecule has 0 aliphatic rings. The number of imidazole rings is 1. The van der Waals surface area contributed by atoms with Crippen molar-refractivity contribution in [2.45, 2.75) is 71.1 Å². The standard InChI is InChI=1S/C28H39N7O5/c1-15(2)9-23(28(39)40)34-27(38)24(16(3)4)35-26(37)22(10-17-12-31-21-8-6-5-7-19(17)21)33-25(36)20(29)11-18-13-30-14-32-18/h5-8,12-16,20,22-24,31H,9-11,29H2,1-4H3,(H,30,32)(H,33,36)(H,34,38)(H,35,37)(H,39,40). The smallest absolute Gasteiger partial charge is 0.326 e. The predicted octanol–water partition coefficient (Wildman–Crippen LogP) is 1.24. The van der Waals surface area contributed by atoms with Crippen molar-refractivity contribution in [3.63, 3.8) is 0 Å². The van der Waals surface area contributed by atoms with Crippen molar-refractivity contribution >= 4 is 34.6 Å². The van der Waals surface area contributed by atoms with Crippen LogP contribution in [0.15, 0.2) is 43.0 Å². The summed E-state index contributed by atoms with van der Waals surface area (Å²) in [5.74, 6) is -3.20. The van der Waals surface area contributed by atoms with E-state index in [-0.39, 0.29) is 31.1 Å². The highest BCUT2D eigenvalue weighted by Gasteiger charge is 2.32. The number of nitrogens with one attached hydrogen (secondary N) is 5. The number of hydrogen-bond acceptors (Lipinski definition) is 6. The normalized spacial score (nSPS) is 14.5. The van der Waals surface area contributed by atoms with Crippen LogP contribution >= 0.6 is 0 Å². The van der Waals surface area contributed by atoms with Crippen LogP contribution in [-0.2, 0) is 32.0 Å². The molecule has 0 saturated heterocycles. The lowest BCUT2D eigenvalue weighted by Crippen LogP contribution is -2.59.